The van der Waals surface area contributed by atoms with Gasteiger partial charge in [0, 0.05) is 13.1 Å². The molecule has 0 aliphatic carbocycles. The van der Waals surface area contributed by atoms with Crippen LogP contribution in [0.5, 0.6) is 11.5 Å². The Kier molecular flexibility index (Phi) is 6.06. The van der Waals surface area contributed by atoms with Gasteiger partial charge in [0.05, 0.1) is 14.2 Å². The summed E-state index contributed by atoms with van der Waals surface area (Å²) in [6.07, 6.45) is 1.12. The highest BCUT2D eigenvalue weighted by Crippen LogP contribution is 2.31. The minimum atomic E-state index is -0.600. The molecule has 132 valence electrons. The second-order valence-corrected chi connectivity index (χ2v) is 6.36. The fourth-order valence-electron chi connectivity index (χ4n) is 3.21. The van der Waals surface area contributed by atoms with Gasteiger partial charge in [-0.05, 0) is 30.4 Å². The van der Waals surface area contributed by atoms with Crippen LogP contribution in [0.3, 0.4) is 0 Å². The van der Waals surface area contributed by atoms with Crippen molar-refractivity contribution >= 4 is 11.9 Å². The fourth-order valence-corrected chi connectivity index (χ4v) is 3.21. The van der Waals surface area contributed by atoms with Crippen LogP contribution < -0.4 is 9.47 Å². The van der Waals surface area contributed by atoms with Gasteiger partial charge in [0.25, 0.3) is 5.91 Å². The molecule has 1 saturated heterocycles. The molecule has 0 aromatic heterocycles. The number of ether oxygens (including phenoxy) is 3. The zero-order chi connectivity index (χ0) is 17.7. The number of nitrogens with zero attached hydrogens (tertiary/aromatic N) is 1. The minimum Gasteiger partial charge on any atom is -0.493 e. The first-order valence-corrected chi connectivity index (χ1v) is 8.12. The molecule has 1 amide bonds. The van der Waals surface area contributed by atoms with Crippen LogP contribution in [-0.2, 0) is 9.53 Å². The number of hydrogen-bond donors (Lipinski definition) is 0. The highest BCUT2D eigenvalue weighted by molar-refractivity contribution is 5.95. The van der Waals surface area contributed by atoms with E-state index in [-0.39, 0.29) is 18.1 Å². The summed E-state index contributed by atoms with van der Waals surface area (Å²) in [7, 11) is 2.95. The summed E-state index contributed by atoms with van der Waals surface area (Å²) >= 11 is 0. The average Bonchev–Trinajstić information content (AvgIpc) is 2.57. The van der Waals surface area contributed by atoms with Crippen LogP contribution >= 0.6 is 0 Å². The number of para-hydroxylation sites is 1. The summed E-state index contributed by atoms with van der Waals surface area (Å²) in [4.78, 5) is 26.3. The summed E-state index contributed by atoms with van der Waals surface area (Å²) in [6, 6.07) is 4.95. The quantitative estimate of drug-likeness (QED) is 0.773. The number of carbonyl (C=O) groups is 2. The van der Waals surface area contributed by atoms with E-state index in [0.717, 1.165) is 6.42 Å². The van der Waals surface area contributed by atoms with Gasteiger partial charge in [-0.2, -0.15) is 0 Å². The number of carbonyl (C=O) groups excluding carboxylic acids is 2. The Morgan fingerprint density at radius 2 is 1.79 bits per heavy atom. The number of rotatable bonds is 5. The van der Waals surface area contributed by atoms with Crippen molar-refractivity contribution in [2.24, 2.45) is 11.8 Å². The van der Waals surface area contributed by atoms with Crippen molar-refractivity contribution < 1.29 is 23.8 Å². The maximum atomic E-state index is 12.3. The second kappa shape index (κ2) is 8.04. The molecule has 6 heteroatoms. The number of esters is 1. The first kappa shape index (κ1) is 18.1. The Hall–Kier alpha value is -2.24. The molecule has 2 unspecified atom stereocenters. The molecule has 2 rings (SSSR count). The molecule has 0 radical (unpaired) electrons. The molecule has 1 aromatic carbocycles. The third-order valence-electron chi connectivity index (χ3n) is 4.17. The van der Waals surface area contributed by atoms with Crippen molar-refractivity contribution in [3.8, 4) is 11.5 Å². The topological polar surface area (TPSA) is 65.1 Å². The number of benzene rings is 1. The van der Waals surface area contributed by atoms with Crippen molar-refractivity contribution in [1.82, 2.24) is 4.90 Å². The van der Waals surface area contributed by atoms with Crippen molar-refractivity contribution in [1.29, 1.82) is 0 Å². The van der Waals surface area contributed by atoms with Crippen LogP contribution in [0.15, 0.2) is 18.2 Å². The summed E-state index contributed by atoms with van der Waals surface area (Å²) in [6.45, 7) is 5.41. The van der Waals surface area contributed by atoms with E-state index in [0.29, 0.717) is 36.4 Å². The SMILES string of the molecule is COc1cccc(C(=O)OCC(=O)N2CC(C)CC(C)C2)c1OC. The van der Waals surface area contributed by atoms with Gasteiger partial charge in [-0.1, -0.05) is 19.9 Å². The maximum absolute atomic E-state index is 12.3. The molecule has 0 spiro atoms. The number of hydrogen-bond acceptors (Lipinski definition) is 5. The zero-order valence-corrected chi connectivity index (χ0v) is 14.7. The molecule has 1 aliphatic rings. The van der Waals surface area contributed by atoms with E-state index in [9.17, 15) is 9.59 Å². The van der Waals surface area contributed by atoms with Gasteiger partial charge in [0.1, 0.15) is 5.56 Å². The smallest absolute Gasteiger partial charge is 0.342 e. The van der Waals surface area contributed by atoms with Crippen molar-refractivity contribution in [2.45, 2.75) is 20.3 Å². The Bertz CT molecular complexity index is 591. The van der Waals surface area contributed by atoms with Crippen LogP contribution in [-0.4, -0.2) is 50.7 Å². The fraction of sp³-hybridized carbons (Fsp3) is 0.556. The second-order valence-electron chi connectivity index (χ2n) is 6.36. The third-order valence-corrected chi connectivity index (χ3v) is 4.17. The summed E-state index contributed by atoms with van der Waals surface area (Å²) in [5.74, 6) is 0.911. The van der Waals surface area contributed by atoms with Crippen LogP contribution in [0.4, 0.5) is 0 Å². The predicted molar refractivity (Wildman–Crippen MR) is 89.4 cm³/mol. The Morgan fingerprint density at radius 3 is 2.38 bits per heavy atom. The molecule has 6 nitrogen and oxygen atoms in total. The summed E-state index contributed by atoms with van der Waals surface area (Å²) < 4.78 is 15.6. The van der Waals surface area contributed by atoms with Crippen LogP contribution in [0, 0.1) is 11.8 Å². The van der Waals surface area contributed by atoms with Crippen molar-refractivity contribution in [2.75, 3.05) is 33.9 Å². The largest absolute Gasteiger partial charge is 0.493 e. The van der Waals surface area contributed by atoms with E-state index in [1.54, 1.807) is 23.1 Å². The first-order chi connectivity index (χ1) is 11.5. The molecule has 1 aliphatic heterocycles. The van der Waals surface area contributed by atoms with E-state index in [4.69, 9.17) is 14.2 Å². The Balaban J connectivity index is 1.99. The van der Waals surface area contributed by atoms with E-state index >= 15 is 0 Å². The standard InChI is InChI=1S/C18H25NO5/c1-12-8-13(2)10-19(9-12)16(20)11-24-18(21)14-6-5-7-15(22-3)17(14)23-4/h5-7,12-13H,8-11H2,1-4H3. The Labute approximate surface area is 142 Å². The Morgan fingerprint density at radius 1 is 1.12 bits per heavy atom. The van der Waals surface area contributed by atoms with E-state index in [1.165, 1.54) is 14.2 Å². The van der Waals surface area contributed by atoms with E-state index in [2.05, 4.69) is 13.8 Å². The van der Waals surface area contributed by atoms with Gasteiger partial charge >= 0.3 is 5.97 Å². The van der Waals surface area contributed by atoms with Crippen LogP contribution in [0.2, 0.25) is 0 Å². The summed E-state index contributed by atoms with van der Waals surface area (Å²) in [5.41, 5.74) is 0.241. The lowest BCUT2D eigenvalue weighted by Gasteiger charge is -2.34. The van der Waals surface area contributed by atoms with Crippen molar-refractivity contribution in [3.05, 3.63) is 23.8 Å². The summed E-state index contributed by atoms with van der Waals surface area (Å²) in [5, 5.41) is 0. The molecule has 24 heavy (non-hydrogen) atoms. The van der Waals surface area contributed by atoms with Crippen LogP contribution in [0.25, 0.3) is 0 Å². The molecule has 0 bridgehead atoms. The van der Waals surface area contributed by atoms with E-state index < -0.39 is 5.97 Å². The van der Waals surface area contributed by atoms with Gasteiger partial charge in [-0.25, -0.2) is 4.79 Å². The molecule has 1 fully saturated rings. The lowest BCUT2D eigenvalue weighted by Crippen LogP contribution is -2.44. The third kappa shape index (κ3) is 4.19. The predicted octanol–water partition coefficient (Wildman–Crippen LogP) is 2.37. The highest BCUT2D eigenvalue weighted by Gasteiger charge is 2.26. The zero-order valence-electron chi connectivity index (χ0n) is 14.7. The van der Waals surface area contributed by atoms with Crippen LogP contribution in [0.1, 0.15) is 30.6 Å². The van der Waals surface area contributed by atoms with Gasteiger partial charge < -0.3 is 19.1 Å². The van der Waals surface area contributed by atoms with Gasteiger partial charge in [-0.3, -0.25) is 4.79 Å². The minimum absolute atomic E-state index is 0.163. The molecule has 0 saturated carbocycles. The molecule has 0 N–H and O–H groups in total. The van der Waals surface area contributed by atoms with Gasteiger partial charge in [-0.15, -0.1) is 0 Å². The molecule has 1 heterocycles. The lowest BCUT2D eigenvalue weighted by molar-refractivity contribution is -0.137. The average molecular weight is 335 g/mol. The molecule has 2 atom stereocenters. The van der Waals surface area contributed by atoms with Crippen molar-refractivity contribution in [3.63, 3.8) is 0 Å². The van der Waals surface area contributed by atoms with Gasteiger partial charge in [0.15, 0.2) is 18.1 Å². The maximum Gasteiger partial charge on any atom is 0.342 e. The monoisotopic (exact) mass is 335 g/mol. The number of methoxy groups -OCH3 is 2. The number of likely N-dealkylation sites (tertiary alicyclic amines) is 1. The first-order valence-electron chi connectivity index (χ1n) is 8.12. The number of amides is 1. The van der Waals surface area contributed by atoms with Gasteiger partial charge in [0.2, 0.25) is 0 Å². The molecular weight excluding hydrogens is 310 g/mol. The highest BCUT2D eigenvalue weighted by atomic mass is 16.5. The number of piperidine rings is 1. The normalized spacial score (nSPS) is 20.4. The molecule has 1 aromatic rings. The van der Waals surface area contributed by atoms with E-state index in [1.807, 2.05) is 0 Å². The molecular formula is C18H25NO5. The lowest BCUT2D eigenvalue weighted by atomic mass is 9.92.